The van der Waals surface area contributed by atoms with Gasteiger partial charge in [0.1, 0.15) is 5.75 Å². The van der Waals surface area contributed by atoms with Gasteiger partial charge in [-0.1, -0.05) is 18.2 Å². The molecular formula is C15H19NO6S. The summed E-state index contributed by atoms with van der Waals surface area (Å²) in [7, 11) is -1.00. The molecule has 126 valence electrons. The highest BCUT2D eigenvalue weighted by Gasteiger charge is 2.51. The minimum Gasteiger partial charge on any atom is -0.501 e. The average Bonchev–Trinajstić information content (AvgIpc) is 2.79. The van der Waals surface area contributed by atoms with E-state index in [2.05, 4.69) is 0 Å². The van der Waals surface area contributed by atoms with Crippen LogP contribution in [0, 0.1) is 0 Å². The molecule has 23 heavy (non-hydrogen) atoms. The number of Topliss-reactive ketones (excluding diaryl/α,β-unsaturated/α-hetero) is 1. The number of aliphatic hydroxyl groups is 1. The van der Waals surface area contributed by atoms with Crippen LogP contribution in [0.4, 0.5) is 0 Å². The van der Waals surface area contributed by atoms with Gasteiger partial charge in [0.2, 0.25) is 21.4 Å². The van der Waals surface area contributed by atoms with Crippen LogP contribution in [0.5, 0.6) is 5.75 Å². The van der Waals surface area contributed by atoms with E-state index in [1.54, 1.807) is 24.3 Å². The van der Waals surface area contributed by atoms with Gasteiger partial charge in [-0.05, 0) is 19.9 Å². The molecule has 0 aromatic heterocycles. The summed E-state index contributed by atoms with van der Waals surface area (Å²) in [5, 5.41) is 10.1. The van der Waals surface area contributed by atoms with E-state index in [1.807, 2.05) is 0 Å². The summed E-state index contributed by atoms with van der Waals surface area (Å²) in [5.74, 6) is -1.62. The number of hydrogen-bond donors (Lipinski definition) is 1. The molecule has 1 aliphatic heterocycles. The highest BCUT2D eigenvalue weighted by molar-refractivity contribution is 7.89. The smallest absolute Gasteiger partial charge is 0.251 e. The fourth-order valence-corrected chi connectivity index (χ4v) is 3.12. The fourth-order valence-electron chi connectivity index (χ4n) is 2.36. The first-order chi connectivity index (χ1) is 10.7. The maximum Gasteiger partial charge on any atom is 0.251 e. The molecule has 0 bridgehead atoms. The maximum atomic E-state index is 12.5. The number of ether oxygens (including phenoxy) is 2. The van der Waals surface area contributed by atoms with Gasteiger partial charge in [-0.2, -0.15) is 0 Å². The summed E-state index contributed by atoms with van der Waals surface area (Å²) in [6, 6.07) is 6.70. The molecule has 0 fully saturated rings. The standard InChI is InChI=1S/C15H19NO6S/c1-5-23(19,20)16(3)14-12(17)13(18)15(2,22-14)10-8-6-7-9-11(10)21-4/h6-9,17H,5H2,1-4H3. The number of benzene rings is 1. The van der Waals surface area contributed by atoms with Crippen molar-refractivity contribution in [1.82, 2.24) is 4.31 Å². The number of carbonyl (C=O) groups excluding carboxylic acids is 1. The molecule has 1 atom stereocenters. The van der Waals surface area contributed by atoms with E-state index in [0.29, 0.717) is 11.3 Å². The number of carbonyl (C=O) groups is 1. The van der Waals surface area contributed by atoms with Gasteiger partial charge in [-0.25, -0.2) is 12.7 Å². The third-order valence-electron chi connectivity index (χ3n) is 3.84. The van der Waals surface area contributed by atoms with Gasteiger partial charge in [0.05, 0.1) is 12.9 Å². The van der Waals surface area contributed by atoms with Crippen LogP contribution in [0.15, 0.2) is 35.9 Å². The van der Waals surface area contributed by atoms with Gasteiger partial charge in [-0.15, -0.1) is 0 Å². The molecule has 1 heterocycles. The second-order valence-corrected chi connectivity index (χ2v) is 7.48. The van der Waals surface area contributed by atoms with Crippen LogP contribution in [0.2, 0.25) is 0 Å². The quantitative estimate of drug-likeness (QED) is 0.873. The van der Waals surface area contributed by atoms with Crippen LogP contribution >= 0.6 is 0 Å². The lowest BCUT2D eigenvalue weighted by molar-refractivity contribution is -0.132. The molecule has 0 radical (unpaired) electrons. The van der Waals surface area contributed by atoms with E-state index in [9.17, 15) is 18.3 Å². The topological polar surface area (TPSA) is 93.1 Å². The summed E-state index contributed by atoms with van der Waals surface area (Å²) in [4.78, 5) is 12.5. The Kier molecular flexibility index (Phi) is 4.30. The van der Waals surface area contributed by atoms with Crippen LogP contribution in [-0.4, -0.2) is 43.5 Å². The third kappa shape index (κ3) is 2.63. The zero-order chi connectivity index (χ0) is 17.4. The predicted molar refractivity (Wildman–Crippen MR) is 83.3 cm³/mol. The molecule has 7 nitrogen and oxygen atoms in total. The van der Waals surface area contributed by atoms with E-state index < -0.39 is 27.2 Å². The van der Waals surface area contributed by atoms with Crippen LogP contribution in [0.25, 0.3) is 0 Å². The Morgan fingerprint density at radius 3 is 2.52 bits per heavy atom. The molecule has 1 N–H and O–H groups in total. The molecule has 1 unspecified atom stereocenters. The molecule has 0 aliphatic carbocycles. The van der Waals surface area contributed by atoms with E-state index in [0.717, 1.165) is 4.31 Å². The summed E-state index contributed by atoms with van der Waals surface area (Å²) < 4.78 is 35.6. The Balaban J connectivity index is 2.50. The van der Waals surface area contributed by atoms with Gasteiger partial charge in [-0.3, -0.25) is 4.79 Å². The first kappa shape index (κ1) is 17.1. The van der Waals surface area contributed by atoms with Gasteiger partial charge in [0.25, 0.3) is 11.7 Å². The molecule has 1 aromatic carbocycles. The minimum atomic E-state index is -3.68. The lowest BCUT2D eigenvalue weighted by atomic mass is 9.91. The number of hydrogen-bond acceptors (Lipinski definition) is 6. The summed E-state index contributed by atoms with van der Waals surface area (Å²) in [6.07, 6.45) is 0. The summed E-state index contributed by atoms with van der Waals surface area (Å²) in [5.41, 5.74) is -1.17. The zero-order valence-electron chi connectivity index (χ0n) is 13.4. The molecule has 0 saturated carbocycles. The van der Waals surface area contributed by atoms with Crippen molar-refractivity contribution in [2.45, 2.75) is 19.4 Å². The average molecular weight is 341 g/mol. The van der Waals surface area contributed by atoms with Crippen molar-refractivity contribution in [3.8, 4) is 5.75 Å². The number of nitrogens with zero attached hydrogens (tertiary/aromatic N) is 1. The third-order valence-corrected chi connectivity index (χ3v) is 5.57. The van der Waals surface area contributed by atoms with Gasteiger partial charge >= 0.3 is 0 Å². The number of sulfonamides is 1. The number of ketones is 1. The largest absolute Gasteiger partial charge is 0.501 e. The van der Waals surface area contributed by atoms with Crippen molar-refractivity contribution < 1.29 is 27.8 Å². The van der Waals surface area contributed by atoms with E-state index >= 15 is 0 Å². The second kappa shape index (κ2) is 5.77. The molecule has 8 heteroatoms. The Morgan fingerprint density at radius 2 is 1.96 bits per heavy atom. The summed E-state index contributed by atoms with van der Waals surface area (Å²) in [6.45, 7) is 2.92. The van der Waals surface area contributed by atoms with Crippen molar-refractivity contribution in [3.63, 3.8) is 0 Å². The molecule has 0 amide bonds. The minimum absolute atomic E-state index is 0.191. The monoisotopic (exact) mass is 341 g/mol. The van der Waals surface area contributed by atoms with Crippen LogP contribution in [-0.2, 0) is 25.2 Å². The Morgan fingerprint density at radius 1 is 1.35 bits per heavy atom. The highest BCUT2D eigenvalue weighted by atomic mass is 32.2. The first-order valence-electron chi connectivity index (χ1n) is 6.96. The highest BCUT2D eigenvalue weighted by Crippen LogP contribution is 2.42. The lowest BCUT2D eigenvalue weighted by Gasteiger charge is -2.27. The van der Waals surface area contributed by atoms with Crippen molar-refractivity contribution in [1.29, 1.82) is 0 Å². The number of rotatable bonds is 5. The summed E-state index contributed by atoms with van der Waals surface area (Å²) >= 11 is 0. The molecule has 2 rings (SSSR count). The molecule has 0 spiro atoms. The van der Waals surface area contributed by atoms with Crippen molar-refractivity contribution >= 4 is 15.8 Å². The fraction of sp³-hybridized carbons (Fsp3) is 0.400. The number of aliphatic hydroxyl groups excluding tert-OH is 1. The first-order valence-corrected chi connectivity index (χ1v) is 8.57. The predicted octanol–water partition coefficient (Wildman–Crippen LogP) is 1.52. The van der Waals surface area contributed by atoms with Crippen molar-refractivity contribution in [2.75, 3.05) is 19.9 Å². The Bertz CT molecular complexity index is 770. The van der Waals surface area contributed by atoms with Crippen molar-refractivity contribution in [2.24, 2.45) is 0 Å². The maximum absolute atomic E-state index is 12.5. The zero-order valence-corrected chi connectivity index (χ0v) is 14.2. The van der Waals surface area contributed by atoms with Gasteiger partial charge in [0, 0.05) is 12.6 Å². The molecular weight excluding hydrogens is 322 g/mol. The lowest BCUT2D eigenvalue weighted by Crippen LogP contribution is -2.33. The SMILES string of the molecule is CCS(=O)(=O)N(C)C1=C(O)C(=O)C(C)(c2ccccc2OC)O1. The van der Waals surface area contributed by atoms with Gasteiger partial charge in [0.15, 0.2) is 0 Å². The Hall–Kier alpha value is -2.22. The van der Waals surface area contributed by atoms with Crippen LogP contribution in [0.3, 0.4) is 0 Å². The Labute approximate surface area is 135 Å². The van der Waals surface area contributed by atoms with E-state index in [-0.39, 0.29) is 11.6 Å². The van der Waals surface area contributed by atoms with E-state index in [4.69, 9.17) is 9.47 Å². The van der Waals surface area contributed by atoms with Gasteiger partial charge < -0.3 is 14.6 Å². The number of methoxy groups -OCH3 is 1. The number of para-hydroxylation sites is 1. The van der Waals surface area contributed by atoms with Crippen molar-refractivity contribution in [3.05, 3.63) is 41.5 Å². The normalized spacial score (nSPS) is 21.3. The van der Waals surface area contributed by atoms with E-state index in [1.165, 1.54) is 28.0 Å². The molecule has 0 saturated heterocycles. The molecule has 1 aliphatic rings. The van der Waals surface area contributed by atoms with Crippen LogP contribution < -0.4 is 4.74 Å². The second-order valence-electron chi connectivity index (χ2n) is 5.19. The molecule has 1 aromatic rings. The van der Waals surface area contributed by atoms with Crippen LogP contribution in [0.1, 0.15) is 19.4 Å².